The average Bonchev–Trinajstić information content (AvgIpc) is 3.65. The summed E-state index contributed by atoms with van der Waals surface area (Å²) in [5.74, 6) is -1.84. The number of hydrogen-bond donors (Lipinski definition) is 3. The molecule has 2 aromatic carbocycles. The highest BCUT2D eigenvalue weighted by Gasteiger charge is 2.39. The van der Waals surface area contributed by atoms with Gasteiger partial charge in [-0.1, -0.05) is 32.1 Å². The molecule has 1 saturated heterocycles. The predicted molar refractivity (Wildman–Crippen MR) is 163 cm³/mol. The first-order valence-electron chi connectivity index (χ1n) is 13.8. The first-order valence-corrected chi connectivity index (χ1v) is 13.8. The minimum Gasteiger partial charge on any atom is -0.455 e. The predicted octanol–water partition coefficient (Wildman–Crippen LogP) is 6.16. The van der Waals surface area contributed by atoms with Crippen molar-refractivity contribution in [1.82, 2.24) is 20.1 Å². The zero-order chi connectivity index (χ0) is 31.7. The molecule has 1 unspecified atom stereocenters. The number of imide groups is 1. The van der Waals surface area contributed by atoms with E-state index in [2.05, 4.69) is 22.0 Å². The summed E-state index contributed by atoms with van der Waals surface area (Å²) in [5.41, 5.74) is 7.96. The lowest BCUT2D eigenvalue weighted by atomic mass is 10.1. The molecule has 0 radical (unpaired) electrons. The first kappa shape index (κ1) is 30.0. The number of allylic oxidation sites excluding steroid dienone is 4. The van der Waals surface area contributed by atoms with Crippen molar-refractivity contribution in [2.75, 3.05) is 10.6 Å². The van der Waals surface area contributed by atoms with Crippen LogP contribution in [0.2, 0.25) is 0 Å². The number of nitrogen functional groups attached to an aromatic ring is 1. The highest BCUT2D eigenvalue weighted by Crippen LogP contribution is 2.31. The number of aromatic nitrogens is 3. The molecule has 1 aliphatic heterocycles. The maximum absolute atomic E-state index is 15.1. The van der Waals surface area contributed by atoms with Crippen molar-refractivity contribution in [3.63, 3.8) is 0 Å². The fourth-order valence-electron chi connectivity index (χ4n) is 4.98. The Balaban J connectivity index is 1.41. The van der Waals surface area contributed by atoms with Crippen LogP contribution < -0.4 is 20.7 Å². The number of H-pyrrole nitrogens is 1. The highest BCUT2D eigenvalue weighted by atomic mass is 19.1. The zero-order valence-electron chi connectivity index (χ0n) is 24.3. The van der Waals surface area contributed by atoms with Gasteiger partial charge in [0, 0.05) is 10.9 Å². The molecule has 0 aliphatic carbocycles. The molecular weight excluding hydrogens is 570 g/mol. The maximum atomic E-state index is 15.1. The van der Waals surface area contributed by atoms with E-state index in [0.29, 0.717) is 40.7 Å². The van der Waals surface area contributed by atoms with Crippen LogP contribution in [0.3, 0.4) is 0 Å². The molecule has 3 heterocycles. The third-order valence-corrected chi connectivity index (χ3v) is 7.17. The Labute approximate surface area is 251 Å². The number of urea groups is 1. The summed E-state index contributed by atoms with van der Waals surface area (Å²) in [7, 11) is 0. The van der Waals surface area contributed by atoms with Crippen molar-refractivity contribution in [2.45, 2.75) is 39.7 Å². The fourth-order valence-corrected chi connectivity index (χ4v) is 4.98. The Morgan fingerprint density at radius 3 is 2.66 bits per heavy atom. The number of nitrogens with zero attached hydrogens (tertiary/aromatic N) is 3. The molecule has 1 atom stereocenters. The summed E-state index contributed by atoms with van der Waals surface area (Å²) >= 11 is 0. The monoisotopic (exact) mass is 600 g/mol. The van der Waals surface area contributed by atoms with Crippen LogP contribution >= 0.6 is 0 Å². The summed E-state index contributed by atoms with van der Waals surface area (Å²) in [6.45, 7) is 8.52. The van der Waals surface area contributed by atoms with E-state index in [9.17, 15) is 18.8 Å². The number of fused-ring (bicyclic) bond motifs is 1. The second kappa shape index (κ2) is 12.0. The average molecular weight is 601 g/mol. The van der Waals surface area contributed by atoms with Gasteiger partial charge >= 0.3 is 6.03 Å². The molecule has 5 rings (SSSR count). The van der Waals surface area contributed by atoms with Gasteiger partial charge < -0.3 is 20.8 Å². The van der Waals surface area contributed by atoms with E-state index in [4.69, 9.17) is 10.5 Å². The van der Waals surface area contributed by atoms with Crippen molar-refractivity contribution < 1.29 is 27.9 Å². The number of ketones is 1. The van der Waals surface area contributed by atoms with Crippen molar-refractivity contribution in [3.05, 3.63) is 102 Å². The van der Waals surface area contributed by atoms with E-state index in [1.165, 1.54) is 42.1 Å². The summed E-state index contributed by atoms with van der Waals surface area (Å²) in [5, 5.41) is 7.24. The van der Waals surface area contributed by atoms with Crippen molar-refractivity contribution >= 4 is 40.1 Å². The van der Waals surface area contributed by atoms with Crippen LogP contribution in [0.4, 0.5) is 25.1 Å². The molecule has 2 aromatic heterocycles. The number of nitrogens with two attached hydrogens (primary N) is 1. The molecule has 0 saturated carbocycles. The molecule has 12 heteroatoms. The number of anilines is 2. The van der Waals surface area contributed by atoms with Crippen LogP contribution in [0, 0.1) is 12.7 Å². The molecule has 1 aliphatic rings. The standard InChI is InChI=1S/C32H30F2N6O4/c1-5-7-9-28(18(4)33)44-20-10-11-26(17(3)12-20)40-30(35)21(16-36-40)29(41)25-14-19-13-22(34)27(15-24(19)37-25)39-31(42)23(8-6-2)38-32(39)43/h5,7,9-16,23,37H,1,6,8,35H2,2-4H3,(H,38,43)/b9-7-,28-18-. The lowest BCUT2D eigenvalue weighted by molar-refractivity contribution is -0.118. The Morgan fingerprint density at radius 2 is 1.98 bits per heavy atom. The smallest absolute Gasteiger partial charge is 0.329 e. The summed E-state index contributed by atoms with van der Waals surface area (Å²) in [6.07, 6.45) is 6.95. The lowest BCUT2D eigenvalue weighted by Crippen LogP contribution is -2.32. The molecule has 4 aromatic rings. The number of carbonyl (C=O) groups excluding carboxylic acids is 3. The van der Waals surface area contributed by atoms with Crippen LogP contribution in [0.1, 0.15) is 48.3 Å². The van der Waals surface area contributed by atoms with E-state index >= 15 is 4.39 Å². The highest BCUT2D eigenvalue weighted by molar-refractivity contribution is 6.22. The van der Waals surface area contributed by atoms with Gasteiger partial charge in [-0.25, -0.2) is 23.2 Å². The topological polar surface area (TPSA) is 135 Å². The maximum Gasteiger partial charge on any atom is 0.329 e. The van der Waals surface area contributed by atoms with Gasteiger partial charge in [0.15, 0.2) is 5.76 Å². The Bertz CT molecular complexity index is 1880. The van der Waals surface area contributed by atoms with E-state index in [0.717, 1.165) is 11.0 Å². The molecule has 1 fully saturated rings. The van der Waals surface area contributed by atoms with Gasteiger partial charge in [-0.05, 0) is 68.3 Å². The Kier molecular flexibility index (Phi) is 8.17. The van der Waals surface area contributed by atoms with Crippen molar-refractivity contribution in [2.24, 2.45) is 0 Å². The molecule has 226 valence electrons. The molecular formula is C32H30F2N6O4. The van der Waals surface area contributed by atoms with Gasteiger partial charge in [0.25, 0.3) is 5.91 Å². The largest absolute Gasteiger partial charge is 0.455 e. The van der Waals surface area contributed by atoms with Crippen LogP contribution in [-0.2, 0) is 4.79 Å². The Hall–Kier alpha value is -5.52. The van der Waals surface area contributed by atoms with E-state index in [1.54, 1.807) is 31.2 Å². The van der Waals surface area contributed by atoms with Crippen LogP contribution in [-0.4, -0.2) is 38.5 Å². The summed E-state index contributed by atoms with van der Waals surface area (Å²) < 4.78 is 36.1. The van der Waals surface area contributed by atoms with Gasteiger partial charge in [0.05, 0.1) is 28.8 Å². The van der Waals surface area contributed by atoms with Crippen molar-refractivity contribution in [3.8, 4) is 11.4 Å². The lowest BCUT2D eigenvalue weighted by Gasteiger charge is -2.14. The number of benzene rings is 2. The summed E-state index contributed by atoms with van der Waals surface area (Å²) in [4.78, 5) is 42.4. The van der Waals surface area contributed by atoms with E-state index in [1.807, 2.05) is 6.92 Å². The van der Waals surface area contributed by atoms with Gasteiger partial charge in [-0.2, -0.15) is 5.10 Å². The second-order valence-electron chi connectivity index (χ2n) is 10.3. The first-order chi connectivity index (χ1) is 21.0. The molecule has 3 amide bonds. The van der Waals surface area contributed by atoms with E-state index < -0.39 is 35.4 Å². The van der Waals surface area contributed by atoms with Gasteiger partial charge in [-0.3, -0.25) is 9.59 Å². The van der Waals surface area contributed by atoms with E-state index in [-0.39, 0.29) is 28.5 Å². The minimum atomic E-state index is -0.785. The van der Waals surface area contributed by atoms with Gasteiger partial charge in [-0.15, -0.1) is 0 Å². The van der Waals surface area contributed by atoms with Crippen molar-refractivity contribution in [1.29, 1.82) is 0 Å². The molecule has 44 heavy (non-hydrogen) atoms. The summed E-state index contributed by atoms with van der Waals surface area (Å²) in [6, 6.07) is 7.50. The molecule has 10 nitrogen and oxygen atoms in total. The van der Waals surface area contributed by atoms with Gasteiger partial charge in [0.1, 0.15) is 29.3 Å². The molecule has 0 spiro atoms. The third-order valence-electron chi connectivity index (χ3n) is 7.17. The normalized spacial score (nSPS) is 15.7. The number of aryl methyl sites for hydroxylation is 1. The van der Waals surface area contributed by atoms with Crippen LogP contribution in [0.15, 0.2) is 79.0 Å². The minimum absolute atomic E-state index is 0.0323. The number of aromatic amines is 1. The second-order valence-corrected chi connectivity index (χ2v) is 10.3. The number of ether oxygens (including phenoxy) is 1. The number of halogens is 2. The Morgan fingerprint density at radius 1 is 1.20 bits per heavy atom. The third kappa shape index (κ3) is 5.49. The van der Waals surface area contributed by atoms with Crippen LogP contribution in [0.5, 0.6) is 5.75 Å². The molecule has 0 bridgehead atoms. The fraction of sp³-hybridized carbons (Fsp3) is 0.188. The number of nitrogens with one attached hydrogen (secondary N) is 2. The number of hydrogen-bond acceptors (Lipinski definition) is 6. The van der Waals surface area contributed by atoms with Gasteiger partial charge in [0.2, 0.25) is 5.78 Å². The number of amides is 3. The quantitative estimate of drug-likeness (QED) is 0.0864. The SMILES string of the molecule is C=C/C=C\C(Oc1ccc(-n2ncc(C(=O)c3cc4cc(F)c(N5C(=O)NC(CCC)C5=O)cc4[nH]3)c2N)c(C)c1)=C(/C)F. The molecule has 4 N–H and O–H groups in total. The number of carbonyl (C=O) groups is 3. The van der Waals surface area contributed by atoms with Crippen LogP contribution in [0.25, 0.3) is 16.6 Å². The number of rotatable bonds is 10. The zero-order valence-corrected chi connectivity index (χ0v) is 24.3.